The Balaban J connectivity index is 1.77. The van der Waals surface area contributed by atoms with E-state index in [-0.39, 0.29) is 29.1 Å². The van der Waals surface area contributed by atoms with Crippen molar-refractivity contribution in [3.8, 4) is 0 Å². The number of nitrogens with one attached hydrogen (secondary N) is 1. The summed E-state index contributed by atoms with van der Waals surface area (Å²) in [5.41, 5.74) is 1.40. The number of hydrogen-bond acceptors (Lipinski definition) is 7. The molecule has 3 rings (SSSR count). The van der Waals surface area contributed by atoms with Gasteiger partial charge in [0, 0.05) is 38.9 Å². The van der Waals surface area contributed by atoms with Gasteiger partial charge in [0.05, 0.1) is 29.9 Å². The molecule has 30 heavy (non-hydrogen) atoms. The molecule has 0 atom stereocenters. The second-order valence-electron chi connectivity index (χ2n) is 6.59. The van der Waals surface area contributed by atoms with Crippen LogP contribution in [0.3, 0.4) is 0 Å². The van der Waals surface area contributed by atoms with E-state index in [2.05, 4.69) is 10.5 Å². The zero-order valence-electron chi connectivity index (χ0n) is 16.4. The molecule has 2 aromatic rings. The number of carbonyl (C=O) groups is 1. The number of nitrogens with zero attached hydrogens (tertiary/aromatic N) is 4. The molecule has 0 bridgehead atoms. The quantitative estimate of drug-likeness (QED) is 0.467. The van der Waals surface area contributed by atoms with Gasteiger partial charge in [-0.25, -0.2) is 18.6 Å². The summed E-state index contributed by atoms with van der Waals surface area (Å²) in [5.74, 6) is -0.646. The van der Waals surface area contributed by atoms with Gasteiger partial charge < -0.3 is 9.30 Å². The molecule has 1 saturated heterocycles. The monoisotopic (exact) mass is 435 g/mol. The Hall–Kier alpha value is -3.09. The normalized spacial score (nSPS) is 15.4. The molecule has 0 saturated carbocycles. The van der Waals surface area contributed by atoms with Gasteiger partial charge in [0.1, 0.15) is 0 Å². The summed E-state index contributed by atoms with van der Waals surface area (Å²) in [4.78, 5) is 36.1. The molecule has 1 fully saturated rings. The van der Waals surface area contributed by atoms with E-state index in [0.717, 1.165) is 10.8 Å². The summed E-state index contributed by atoms with van der Waals surface area (Å²) >= 11 is 0. The number of rotatable bonds is 5. The summed E-state index contributed by atoms with van der Waals surface area (Å²) in [6, 6.07) is 5.60. The number of aryl methyl sites for hydroxylation is 1. The van der Waals surface area contributed by atoms with Crippen LogP contribution in [-0.2, 0) is 28.9 Å². The number of amides is 1. The molecule has 1 aromatic heterocycles. The Labute approximate surface area is 172 Å². The maximum absolute atomic E-state index is 12.7. The van der Waals surface area contributed by atoms with Gasteiger partial charge in [0.25, 0.3) is 11.5 Å². The molecule has 1 aromatic carbocycles. The van der Waals surface area contributed by atoms with Crippen molar-refractivity contribution in [1.29, 1.82) is 0 Å². The van der Waals surface area contributed by atoms with E-state index < -0.39 is 27.2 Å². The lowest BCUT2D eigenvalue weighted by Crippen LogP contribution is -2.40. The van der Waals surface area contributed by atoms with Crippen molar-refractivity contribution in [2.45, 2.75) is 4.90 Å². The fourth-order valence-electron chi connectivity index (χ4n) is 2.88. The number of ether oxygens (including phenoxy) is 1. The van der Waals surface area contributed by atoms with Gasteiger partial charge in [0.2, 0.25) is 10.0 Å². The van der Waals surface area contributed by atoms with Gasteiger partial charge in [-0.3, -0.25) is 14.2 Å². The standard InChI is InChI=1S/C18H21N5O6S/c1-21-12-14(17(25)22(2)18(21)26)11-19-20-16(24)13-4-3-5-15(10-13)30(27,28)23-6-8-29-9-7-23/h3-5,10-12H,6-9H2,1-2H3,(H,20,24)/b19-11+. The van der Waals surface area contributed by atoms with Crippen LogP contribution in [0, 0.1) is 0 Å². The number of hydrogen-bond donors (Lipinski definition) is 1. The zero-order valence-corrected chi connectivity index (χ0v) is 17.3. The van der Waals surface area contributed by atoms with Crippen molar-refractivity contribution in [3.63, 3.8) is 0 Å². The van der Waals surface area contributed by atoms with Gasteiger partial charge in [-0.1, -0.05) is 6.07 Å². The average molecular weight is 435 g/mol. The van der Waals surface area contributed by atoms with E-state index in [9.17, 15) is 22.8 Å². The van der Waals surface area contributed by atoms with Crippen LogP contribution in [0.15, 0.2) is 50.0 Å². The Morgan fingerprint density at radius 3 is 2.60 bits per heavy atom. The van der Waals surface area contributed by atoms with Crippen LogP contribution in [0.5, 0.6) is 0 Å². The zero-order chi connectivity index (χ0) is 21.9. The lowest BCUT2D eigenvalue weighted by molar-refractivity contribution is 0.0730. The lowest BCUT2D eigenvalue weighted by Gasteiger charge is -2.26. The summed E-state index contributed by atoms with van der Waals surface area (Å²) in [6.07, 6.45) is 2.42. The number of morpholine rings is 1. The minimum Gasteiger partial charge on any atom is -0.379 e. The predicted octanol–water partition coefficient (Wildman–Crippen LogP) is -1.13. The Kier molecular flexibility index (Phi) is 6.29. The summed E-state index contributed by atoms with van der Waals surface area (Å²) < 4.78 is 34.1. The third-order valence-electron chi connectivity index (χ3n) is 4.55. The Morgan fingerprint density at radius 1 is 1.20 bits per heavy atom. The van der Waals surface area contributed by atoms with Crippen molar-refractivity contribution in [2.24, 2.45) is 19.2 Å². The van der Waals surface area contributed by atoms with Crippen LogP contribution in [0.2, 0.25) is 0 Å². The van der Waals surface area contributed by atoms with Crippen LogP contribution in [-0.4, -0.2) is 60.3 Å². The Bertz CT molecular complexity index is 1210. The summed E-state index contributed by atoms with van der Waals surface area (Å²) in [6.45, 7) is 1.13. The van der Waals surface area contributed by atoms with Crippen molar-refractivity contribution >= 4 is 22.1 Å². The highest BCUT2D eigenvalue weighted by Crippen LogP contribution is 2.18. The SMILES string of the molecule is Cn1cc(/C=N/NC(=O)c2cccc(S(=O)(=O)N3CCOCC3)c2)c(=O)n(C)c1=O. The largest absolute Gasteiger partial charge is 0.379 e. The molecular weight excluding hydrogens is 414 g/mol. The van der Waals surface area contributed by atoms with Crippen LogP contribution in [0.1, 0.15) is 15.9 Å². The van der Waals surface area contributed by atoms with Gasteiger partial charge >= 0.3 is 5.69 Å². The average Bonchev–Trinajstić information content (AvgIpc) is 2.76. The first-order valence-electron chi connectivity index (χ1n) is 9.00. The highest BCUT2D eigenvalue weighted by atomic mass is 32.2. The van der Waals surface area contributed by atoms with Crippen LogP contribution >= 0.6 is 0 Å². The second kappa shape index (κ2) is 8.73. The first-order chi connectivity index (χ1) is 14.2. The third-order valence-corrected chi connectivity index (χ3v) is 6.44. The topological polar surface area (TPSA) is 132 Å². The molecular formula is C18H21N5O6S. The molecule has 1 amide bonds. The molecule has 0 unspecified atom stereocenters. The number of sulfonamides is 1. The lowest BCUT2D eigenvalue weighted by atomic mass is 10.2. The molecule has 12 heteroatoms. The summed E-state index contributed by atoms with van der Waals surface area (Å²) in [7, 11) is -0.924. The maximum Gasteiger partial charge on any atom is 0.330 e. The maximum atomic E-state index is 12.7. The molecule has 0 spiro atoms. The van der Waals surface area contributed by atoms with Gasteiger partial charge in [0.15, 0.2) is 0 Å². The first-order valence-corrected chi connectivity index (χ1v) is 10.4. The Morgan fingerprint density at radius 2 is 1.90 bits per heavy atom. The molecule has 2 heterocycles. The fraction of sp³-hybridized carbons (Fsp3) is 0.333. The number of aromatic nitrogens is 2. The predicted molar refractivity (Wildman–Crippen MR) is 108 cm³/mol. The van der Waals surface area contributed by atoms with E-state index in [1.165, 1.54) is 53.4 Å². The third kappa shape index (κ3) is 4.40. The highest BCUT2D eigenvalue weighted by Gasteiger charge is 2.26. The van der Waals surface area contributed by atoms with Crippen LogP contribution in [0.4, 0.5) is 0 Å². The minimum atomic E-state index is -3.74. The van der Waals surface area contributed by atoms with Crippen molar-refractivity contribution < 1.29 is 17.9 Å². The van der Waals surface area contributed by atoms with E-state index in [4.69, 9.17) is 4.74 Å². The smallest absolute Gasteiger partial charge is 0.330 e. The van der Waals surface area contributed by atoms with E-state index >= 15 is 0 Å². The molecule has 0 aliphatic carbocycles. The van der Waals surface area contributed by atoms with E-state index in [1.54, 1.807) is 0 Å². The number of carbonyl (C=O) groups excluding carboxylic acids is 1. The molecule has 160 valence electrons. The van der Waals surface area contributed by atoms with Crippen LogP contribution in [0.25, 0.3) is 0 Å². The second-order valence-corrected chi connectivity index (χ2v) is 8.52. The van der Waals surface area contributed by atoms with Gasteiger partial charge in [-0.15, -0.1) is 0 Å². The fourth-order valence-corrected chi connectivity index (χ4v) is 4.34. The molecule has 0 radical (unpaired) electrons. The van der Waals surface area contributed by atoms with E-state index in [1.807, 2.05) is 0 Å². The van der Waals surface area contributed by atoms with Crippen molar-refractivity contribution in [3.05, 3.63) is 62.4 Å². The van der Waals surface area contributed by atoms with Crippen LogP contribution < -0.4 is 16.7 Å². The number of benzene rings is 1. The van der Waals surface area contributed by atoms with Gasteiger partial charge in [-0.2, -0.15) is 9.41 Å². The van der Waals surface area contributed by atoms with Crippen molar-refractivity contribution in [2.75, 3.05) is 26.3 Å². The molecule has 1 N–H and O–H groups in total. The molecule has 11 nitrogen and oxygen atoms in total. The summed E-state index contributed by atoms with van der Waals surface area (Å²) in [5, 5.41) is 3.74. The van der Waals surface area contributed by atoms with Gasteiger partial charge in [-0.05, 0) is 18.2 Å². The minimum absolute atomic E-state index is 0.00652. The molecule has 1 aliphatic rings. The molecule has 1 aliphatic heterocycles. The first kappa shape index (κ1) is 21.6. The highest BCUT2D eigenvalue weighted by molar-refractivity contribution is 7.89. The van der Waals surface area contributed by atoms with Crippen molar-refractivity contribution in [1.82, 2.24) is 18.9 Å². The van der Waals surface area contributed by atoms with E-state index in [0.29, 0.717) is 13.2 Å². The number of hydrazone groups is 1.